The van der Waals surface area contributed by atoms with Crippen LogP contribution >= 0.6 is 0 Å². The third kappa shape index (κ3) is 3.73. The number of likely N-dealkylation sites (tertiary alicyclic amines) is 1. The van der Waals surface area contributed by atoms with Crippen LogP contribution in [0.15, 0.2) is 30.5 Å². The number of hydrogen-bond donors (Lipinski definition) is 1. The number of fused-ring (bicyclic) bond motifs is 1. The number of H-pyrrole nitrogens is 1. The van der Waals surface area contributed by atoms with Crippen molar-refractivity contribution in [2.45, 2.75) is 38.3 Å². The van der Waals surface area contributed by atoms with Gasteiger partial charge in [0.25, 0.3) is 0 Å². The van der Waals surface area contributed by atoms with Crippen LogP contribution in [0.25, 0.3) is 11.0 Å². The summed E-state index contributed by atoms with van der Waals surface area (Å²) in [6.07, 6.45) is 5.21. The molecule has 2 saturated heterocycles. The lowest BCUT2D eigenvalue weighted by Crippen LogP contribution is -2.44. The van der Waals surface area contributed by atoms with Gasteiger partial charge in [-0.05, 0) is 58.5 Å². The van der Waals surface area contributed by atoms with E-state index >= 15 is 0 Å². The van der Waals surface area contributed by atoms with Crippen molar-refractivity contribution in [2.24, 2.45) is 0 Å². The number of pyridine rings is 1. The van der Waals surface area contributed by atoms with E-state index in [1.54, 1.807) is 7.11 Å². The monoisotopic (exact) mass is 434 g/mol. The summed E-state index contributed by atoms with van der Waals surface area (Å²) in [7, 11) is 6.13. The average molecular weight is 435 g/mol. The van der Waals surface area contributed by atoms with E-state index < -0.39 is 0 Å². The van der Waals surface area contributed by atoms with Gasteiger partial charge in [0.05, 0.1) is 41.6 Å². The van der Waals surface area contributed by atoms with Crippen LogP contribution in [0.5, 0.6) is 5.75 Å². The van der Waals surface area contributed by atoms with E-state index in [1.165, 1.54) is 11.2 Å². The van der Waals surface area contributed by atoms with Crippen LogP contribution in [0.3, 0.4) is 0 Å². The summed E-state index contributed by atoms with van der Waals surface area (Å²) < 4.78 is 5.56. The van der Waals surface area contributed by atoms with Crippen LogP contribution in [0.2, 0.25) is 0 Å². The molecule has 7 nitrogen and oxygen atoms in total. The first kappa shape index (κ1) is 21.2. The summed E-state index contributed by atoms with van der Waals surface area (Å²) in [5.41, 5.74) is 5.75. The molecule has 0 spiro atoms. The fourth-order valence-corrected chi connectivity index (χ4v) is 5.38. The number of aromatic nitrogens is 3. The summed E-state index contributed by atoms with van der Waals surface area (Å²) in [6.45, 7) is 6.41. The lowest BCUT2D eigenvalue weighted by atomic mass is 9.92. The fraction of sp³-hybridized carbons (Fsp3) is 0.520. The molecular weight excluding hydrogens is 400 g/mol. The Kier molecular flexibility index (Phi) is 5.78. The van der Waals surface area contributed by atoms with Crippen LogP contribution in [-0.2, 0) is 0 Å². The molecule has 2 atom stereocenters. The van der Waals surface area contributed by atoms with Gasteiger partial charge in [-0.2, -0.15) is 0 Å². The van der Waals surface area contributed by atoms with E-state index in [9.17, 15) is 0 Å². The lowest BCUT2D eigenvalue weighted by Gasteiger charge is -2.39. The first-order valence-electron chi connectivity index (χ1n) is 11.7. The number of aromatic amines is 1. The summed E-state index contributed by atoms with van der Waals surface area (Å²) in [5.74, 6) is 1.97. The minimum atomic E-state index is 0.244. The Labute approximate surface area is 190 Å². The van der Waals surface area contributed by atoms with Crippen LogP contribution in [0.4, 0.5) is 5.69 Å². The van der Waals surface area contributed by atoms with Crippen molar-refractivity contribution in [3.8, 4) is 5.75 Å². The maximum atomic E-state index is 5.56. The highest BCUT2D eigenvalue weighted by Gasteiger charge is 2.33. The van der Waals surface area contributed by atoms with Gasteiger partial charge in [0, 0.05) is 37.9 Å². The Morgan fingerprint density at radius 3 is 2.59 bits per heavy atom. The highest BCUT2D eigenvalue weighted by molar-refractivity contribution is 5.89. The smallest absolute Gasteiger partial charge is 0.125 e. The molecule has 2 aliphatic heterocycles. The van der Waals surface area contributed by atoms with Crippen molar-refractivity contribution >= 4 is 16.7 Å². The maximum absolute atomic E-state index is 5.56. The Bertz CT molecular complexity index is 1090. The second-order valence-electron chi connectivity index (χ2n) is 9.24. The Morgan fingerprint density at radius 2 is 1.81 bits per heavy atom. The number of ether oxygens (including phenoxy) is 1. The van der Waals surface area contributed by atoms with Gasteiger partial charge in [0.15, 0.2) is 0 Å². The van der Waals surface area contributed by atoms with Crippen molar-refractivity contribution < 1.29 is 4.74 Å². The molecule has 3 aromatic rings. The molecule has 0 unspecified atom stereocenters. The van der Waals surface area contributed by atoms with Crippen molar-refractivity contribution in [3.05, 3.63) is 47.5 Å². The summed E-state index contributed by atoms with van der Waals surface area (Å²) in [6, 6.07) is 8.94. The van der Waals surface area contributed by atoms with Crippen molar-refractivity contribution in [1.29, 1.82) is 0 Å². The van der Waals surface area contributed by atoms with Gasteiger partial charge in [-0.1, -0.05) is 6.07 Å². The number of nitrogens with zero attached hydrogens (tertiary/aromatic N) is 5. The second kappa shape index (κ2) is 8.71. The zero-order valence-corrected chi connectivity index (χ0v) is 19.6. The van der Waals surface area contributed by atoms with Crippen molar-refractivity contribution in [2.75, 3.05) is 52.3 Å². The minimum absolute atomic E-state index is 0.244. The molecule has 2 fully saturated rings. The van der Waals surface area contributed by atoms with E-state index in [-0.39, 0.29) is 12.1 Å². The Hall–Kier alpha value is -2.64. The Balaban J connectivity index is 1.45. The van der Waals surface area contributed by atoms with Crippen molar-refractivity contribution in [1.82, 2.24) is 24.8 Å². The lowest BCUT2D eigenvalue weighted by molar-refractivity contribution is 0.106. The zero-order valence-electron chi connectivity index (χ0n) is 19.6. The highest BCUT2D eigenvalue weighted by Crippen LogP contribution is 2.41. The predicted octanol–water partition coefficient (Wildman–Crippen LogP) is 3.92. The summed E-state index contributed by atoms with van der Waals surface area (Å²) >= 11 is 0. The normalized spacial score (nSPS) is 23.1. The molecule has 1 N–H and O–H groups in total. The number of rotatable bonds is 4. The molecule has 5 rings (SSSR count). The number of imidazole rings is 1. The summed E-state index contributed by atoms with van der Waals surface area (Å²) in [5, 5.41) is 0. The Morgan fingerprint density at radius 1 is 1.03 bits per heavy atom. The van der Waals surface area contributed by atoms with Crippen LogP contribution in [0.1, 0.15) is 48.4 Å². The van der Waals surface area contributed by atoms with Gasteiger partial charge in [-0.3, -0.25) is 9.88 Å². The minimum Gasteiger partial charge on any atom is -0.496 e. The molecule has 170 valence electrons. The van der Waals surface area contributed by atoms with Crippen LogP contribution < -0.4 is 9.64 Å². The molecule has 0 bridgehead atoms. The third-order valence-electron chi connectivity index (χ3n) is 7.34. The standard InChI is InChI=1S/C25H34N6O/c1-17-22(32-4)11-12-26-23(17)19-8-6-10-21(30(19)3)25-27-18-7-5-9-20(24(18)28-25)31-15-13-29(2)14-16-31/h5,7,9,11-12,19,21H,6,8,10,13-16H2,1-4H3,(H,27,28)/t19-,21+/m0/s1. The van der Waals surface area contributed by atoms with Gasteiger partial charge in [-0.25, -0.2) is 4.98 Å². The van der Waals surface area contributed by atoms with Gasteiger partial charge in [0.2, 0.25) is 0 Å². The van der Waals surface area contributed by atoms with E-state index in [2.05, 4.69) is 58.9 Å². The molecule has 0 amide bonds. The number of likely N-dealkylation sites (N-methyl/N-ethyl adjacent to an activating group) is 1. The first-order valence-corrected chi connectivity index (χ1v) is 11.7. The number of piperidine rings is 1. The number of benzene rings is 1. The number of methoxy groups -OCH3 is 1. The van der Waals surface area contributed by atoms with Crippen LogP contribution in [-0.4, -0.2) is 72.1 Å². The quantitative estimate of drug-likeness (QED) is 0.672. The molecule has 1 aromatic carbocycles. The van der Waals surface area contributed by atoms with Gasteiger partial charge in [0.1, 0.15) is 11.6 Å². The van der Waals surface area contributed by atoms with E-state index in [0.29, 0.717) is 0 Å². The molecule has 32 heavy (non-hydrogen) atoms. The second-order valence-corrected chi connectivity index (χ2v) is 9.24. The van der Waals surface area contributed by atoms with Gasteiger partial charge < -0.3 is 19.5 Å². The maximum Gasteiger partial charge on any atom is 0.125 e. The van der Waals surface area contributed by atoms with Crippen molar-refractivity contribution in [3.63, 3.8) is 0 Å². The fourth-order valence-electron chi connectivity index (χ4n) is 5.38. The van der Waals surface area contributed by atoms with E-state index in [0.717, 1.165) is 73.8 Å². The third-order valence-corrected chi connectivity index (χ3v) is 7.34. The number of hydrogen-bond acceptors (Lipinski definition) is 6. The number of anilines is 1. The topological polar surface area (TPSA) is 60.5 Å². The van der Waals surface area contributed by atoms with E-state index in [4.69, 9.17) is 14.7 Å². The number of piperazine rings is 1. The van der Waals surface area contributed by atoms with E-state index in [1.807, 2.05) is 12.3 Å². The molecule has 2 aromatic heterocycles. The summed E-state index contributed by atoms with van der Waals surface area (Å²) in [4.78, 5) is 20.9. The molecule has 0 aliphatic carbocycles. The number of nitrogens with one attached hydrogen (secondary N) is 1. The van der Waals surface area contributed by atoms with Crippen LogP contribution in [0, 0.1) is 6.92 Å². The molecule has 0 radical (unpaired) electrons. The molecular formula is C25H34N6O. The average Bonchev–Trinajstić information content (AvgIpc) is 3.24. The molecule has 4 heterocycles. The largest absolute Gasteiger partial charge is 0.496 e. The number of para-hydroxylation sites is 1. The molecule has 2 aliphatic rings. The first-order chi connectivity index (χ1) is 15.6. The van der Waals surface area contributed by atoms with Gasteiger partial charge in [-0.15, -0.1) is 0 Å². The molecule has 7 heteroatoms. The van der Waals surface area contributed by atoms with Gasteiger partial charge >= 0.3 is 0 Å². The predicted molar refractivity (Wildman–Crippen MR) is 128 cm³/mol. The SMILES string of the molecule is COc1ccnc([C@@H]2CCC[C@H](c3nc4cccc(N5CCN(C)CC5)c4[nH]3)N2C)c1C. The molecule has 0 saturated carbocycles. The zero-order chi connectivity index (χ0) is 22.2. The highest BCUT2D eigenvalue weighted by atomic mass is 16.5.